The number of aliphatic hydroxyl groups is 2. The van der Waals surface area contributed by atoms with E-state index in [9.17, 15) is 15.0 Å². The van der Waals surface area contributed by atoms with E-state index in [0.717, 1.165) is 28.3 Å². The second kappa shape index (κ2) is 8.73. The molecule has 5 N–H and O–H groups in total. The van der Waals surface area contributed by atoms with Gasteiger partial charge in [0, 0.05) is 30.2 Å². The van der Waals surface area contributed by atoms with Crippen LogP contribution in [0, 0.1) is 0 Å². The lowest BCUT2D eigenvalue weighted by atomic mass is 10.1. The summed E-state index contributed by atoms with van der Waals surface area (Å²) in [6.07, 6.45) is 5.06. The lowest BCUT2D eigenvalue weighted by Crippen LogP contribution is -2.59. The van der Waals surface area contributed by atoms with Crippen molar-refractivity contribution in [3.05, 3.63) is 41.7 Å². The highest BCUT2D eigenvalue weighted by atomic mass is 32.2. The summed E-state index contributed by atoms with van der Waals surface area (Å²) in [5.74, 6) is -2.83. The number of nitrogens with zero attached hydrogens (tertiary/aromatic N) is 5. The van der Waals surface area contributed by atoms with Gasteiger partial charge in [0.05, 0.1) is 29.6 Å². The third kappa shape index (κ3) is 4.78. The summed E-state index contributed by atoms with van der Waals surface area (Å²) in [5, 5.41) is 25.9. The fourth-order valence-electron chi connectivity index (χ4n) is 3.53. The summed E-state index contributed by atoms with van der Waals surface area (Å²) in [6, 6.07) is 5.99. The molecule has 5 rings (SSSR count). The number of nitrogens with two attached hydrogens (primary N) is 1. The van der Waals surface area contributed by atoms with E-state index in [1.54, 1.807) is 13.1 Å². The van der Waals surface area contributed by atoms with E-state index in [2.05, 4.69) is 21.7 Å². The second-order valence-corrected chi connectivity index (χ2v) is 10.1. The molecule has 10 nitrogen and oxygen atoms in total. The first-order chi connectivity index (χ1) is 15.5. The predicted molar refractivity (Wildman–Crippen MR) is 128 cm³/mol. The molecule has 178 valence electrons. The average Bonchev–Trinajstić information content (AvgIpc) is 3.12. The molecule has 0 unspecified atom stereocenters. The third-order valence-electron chi connectivity index (χ3n) is 5.53. The van der Waals surface area contributed by atoms with Crippen LogP contribution in [0.3, 0.4) is 0 Å². The Morgan fingerprint density at radius 1 is 1.30 bits per heavy atom. The summed E-state index contributed by atoms with van der Waals surface area (Å²) in [7, 11) is 1.67. The molecule has 1 fully saturated rings. The van der Waals surface area contributed by atoms with Gasteiger partial charge in [0.25, 0.3) is 11.8 Å². The van der Waals surface area contributed by atoms with Gasteiger partial charge in [-0.15, -0.1) is 0 Å². The molecule has 1 aliphatic carbocycles. The van der Waals surface area contributed by atoms with Crippen molar-refractivity contribution >= 4 is 29.5 Å². The van der Waals surface area contributed by atoms with Crippen molar-refractivity contribution in [2.75, 3.05) is 18.0 Å². The van der Waals surface area contributed by atoms with Crippen LogP contribution in [0.25, 0.3) is 0 Å². The van der Waals surface area contributed by atoms with Gasteiger partial charge in [0.1, 0.15) is 0 Å². The largest absolute Gasteiger partial charge is 0.344 e. The minimum Gasteiger partial charge on any atom is -0.344 e. The molecule has 0 bridgehead atoms. The fraction of sp³-hybridized carbons (Fsp3) is 0.500. The average molecular weight is 474 g/mol. The minimum absolute atomic E-state index is 0.0974. The van der Waals surface area contributed by atoms with E-state index in [0.29, 0.717) is 24.7 Å². The third-order valence-corrected chi connectivity index (χ3v) is 6.61. The van der Waals surface area contributed by atoms with E-state index < -0.39 is 11.8 Å². The molecule has 1 amide bonds. The molecule has 1 saturated carbocycles. The second-order valence-electron chi connectivity index (χ2n) is 9.20. The number of carbonyl (C=O) groups excluding carboxylic acids is 1. The van der Waals surface area contributed by atoms with Crippen LogP contribution in [0.4, 0.5) is 5.69 Å². The number of rotatable bonds is 5. The summed E-state index contributed by atoms with van der Waals surface area (Å²) < 4.78 is 4.88. The Hall–Kier alpha value is -2.44. The van der Waals surface area contributed by atoms with E-state index in [1.165, 1.54) is 29.0 Å². The van der Waals surface area contributed by atoms with E-state index in [1.807, 2.05) is 30.9 Å². The Balaban J connectivity index is 0.000000601. The van der Waals surface area contributed by atoms with Crippen molar-refractivity contribution in [3.63, 3.8) is 0 Å². The number of nitrogens with one attached hydrogen (secondary N) is 1. The molecule has 2 aromatic rings. The first kappa shape index (κ1) is 23.7. The van der Waals surface area contributed by atoms with Gasteiger partial charge in [-0.3, -0.25) is 19.2 Å². The number of hydrogen-bond acceptors (Lipinski definition) is 9. The lowest BCUT2D eigenvalue weighted by molar-refractivity contribution is -0.234. The van der Waals surface area contributed by atoms with Gasteiger partial charge >= 0.3 is 0 Å². The fourth-order valence-corrected chi connectivity index (χ4v) is 4.41. The molecule has 2 aliphatic heterocycles. The number of aryl methyl sites for hydroxylation is 1. The van der Waals surface area contributed by atoms with Crippen LogP contribution in [0.1, 0.15) is 49.5 Å². The monoisotopic (exact) mass is 473 g/mol. The molecule has 3 aliphatic rings. The molecule has 0 spiro atoms. The predicted octanol–water partition coefficient (Wildman–Crippen LogP) is 1.35. The van der Waals surface area contributed by atoms with Crippen molar-refractivity contribution in [1.82, 2.24) is 19.4 Å². The van der Waals surface area contributed by atoms with Crippen LogP contribution in [-0.4, -0.2) is 61.4 Å². The first-order valence-corrected chi connectivity index (χ1v) is 11.8. The van der Waals surface area contributed by atoms with Crippen molar-refractivity contribution in [1.29, 1.82) is 0 Å². The lowest BCUT2D eigenvalue weighted by Gasteiger charge is -2.41. The van der Waals surface area contributed by atoms with Gasteiger partial charge in [0.2, 0.25) is 5.96 Å². The molecule has 11 heteroatoms. The number of aliphatic imine (C=N–C) groups is 1. The number of guanidine groups is 1. The Morgan fingerprint density at radius 2 is 2.00 bits per heavy atom. The summed E-state index contributed by atoms with van der Waals surface area (Å²) in [4.78, 5) is 21.5. The van der Waals surface area contributed by atoms with E-state index >= 15 is 0 Å². The highest BCUT2D eigenvalue weighted by Crippen LogP contribution is 2.40. The molecule has 1 aromatic carbocycles. The van der Waals surface area contributed by atoms with Crippen LogP contribution in [0.15, 0.2) is 40.5 Å². The Kier molecular flexibility index (Phi) is 6.27. The molecule has 0 saturated heterocycles. The Morgan fingerprint density at radius 3 is 2.61 bits per heavy atom. The Labute approximate surface area is 197 Å². The number of aromatic nitrogens is 2. The normalized spacial score (nSPS) is 18.5. The SMILES string of the molecule is CC(C)N.Cn1cc(C(O)(O)N2C(=O)c3cc(SNC4(C)CC4)ccc3N3CCN=C32)cn1. The number of benzene rings is 1. The van der Waals surface area contributed by atoms with Crippen LogP contribution in [0.2, 0.25) is 0 Å². The van der Waals surface area contributed by atoms with Gasteiger partial charge in [-0.1, -0.05) is 13.8 Å². The molecule has 1 aromatic heterocycles. The maximum absolute atomic E-state index is 13.4. The summed E-state index contributed by atoms with van der Waals surface area (Å²) >= 11 is 1.49. The Bertz CT molecular complexity index is 1070. The zero-order valence-electron chi connectivity index (χ0n) is 19.3. The number of fused-ring (bicyclic) bond motifs is 3. The summed E-state index contributed by atoms with van der Waals surface area (Å²) in [5.41, 5.74) is 6.50. The smallest absolute Gasteiger partial charge is 0.287 e. The molecule has 0 atom stereocenters. The van der Waals surface area contributed by atoms with Crippen LogP contribution in [-0.2, 0) is 13.0 Å². The number of hydrogen-bond donors (Lipinski definition) is 4. The van der Waals surface area contributed by atoms with Crippen LogP contribution < -0.4 is 15.4 Å². The van der Waals surface area contributed by atoms with Gasteiger partial charge in [-0.05, 0) is 56.0 Å². The standard InChI is InChI=1S/C19H22N6O3S.C3H9N/c1-18(5-6-18)22-29-13-3-4-15-14(9-13)16(26)25(17-20-7-8-24(15)17)19(27,28)12-10-21-23(2)11-12;1-3(2)4/h3-4,9-11,22,27-28H,5-8H2,1-2H3;3H,4H2,1-2H3. The van der Waals surface area contributed by atoms with Crippen molar-refractivity contribution < 1.29 is 15.0 Å². The van der Waals surface area contributed by atoms with Crippen molar-refractivity contribution in [2.24, 2.45) is 17.8 Å². The van der Waals surface area contributed by atoms with Crippen molar-refractivity contribution in [3.8, 4) is 0 Å². The maximum atomic E-state index is 13.4. The number of anilines is 1. The zero-order valence-corrected chi connectivity index (χ0v) is 20.1. The highest BCUT2D eigenvalue weighted by Gasteiger charge is 2.49. The molecule has 3 heterocycles. The van der Waals surface area contributed by atoms with E-state index in [-0.39, 0.29) is 17.1 Å². The number of amides is 1. The first-order valence-electron chi connectivity index (χ1n) is 11.0. The highest BCUT2D eigenvalue weighted by molar-refractivity contribution is 7.97. The molecule has 0 radical (unpaired) electrons. The van der Waals surface area contributed by atoms with Gasteiger partial charge < -0.3 is 20.8 Å². The van der Waals surface area contributed by atoms with Crippen molar-refractivity contribution in [2.45, 2.75) is 56.0 Å². The van der Waals surface area contributed by atoms with Gasteiger partial charge in [-0.2, -0.15) is 5.10 Å². The molecule has 33 heavy (non-hydrogen) atoms. The quantitative estimate of drug-likeness (QED) is 0.378. The topological polar surface area (TPSA) is 132 Å². The van der Waals surface area contributed by atoms with Crippen LogP contribution in [0.5, 0.6) is 0 Å². The molecular weight excluding hydrogens is 442 g/mol. The maximum Gasteiger partial charge on any atom is 0.287 e. The van der Waals surface area contributed by atoms with Crippen LogP contribution >= 0.6 is 11.9 Å². The van der Waals surface area contributed by atoms with E-state index in [4.69, 9.17) is 5.73 Å². The zero-order chi connectivity index (χ0) is 24.0. The van der Waals surface area contributed by atoms with Gasteiger partial charge in [0.15, 0.2) is 0 Å². The minimum atomic E-state index is -2.56. The molecular formula is C22H31N7O3S. The summed E-state index contributed by atoms with van der Waals surface area (Å²) in [6.45, 7) is 7.09. The van der Waals surface area contributed by atoms with Gasteiger partial charge in [-0.25, -0.2) is 4.90 Å². The number of carbonyl (C=O) groups is 1.